The Balaban J connectivity index is 1.92. The Kier molecular flexibility index (Phi) is 5.04. The van der Waals surface area contributed by atoms with E-state index in [0.717, 1.165) is 17.3 Å². The summed E-state index contributed by atoms with van der Waals surface area (Å²) in [5, 5.41) is 7.99. The van der Waals surface area contributed by atoms with Gasteiger partial charge in [0.1, 0.15) is 0 Å². The Hall–Kier alpha value is 0.110. The van der Waals surface area contributed by atoms with Gasteiger partial charge in [-0.05, 0) is 34.3 Å². The number of rotatable bonds is 5. The van der Waals surface area contributed by atoms with E-state index < -0.39 is 0 Å². The quantitative estimate of drug-likeness (QED) is 0.589. The number of aromatic nitrogens is 2. The maximum atomic E-state index is 11.8. The zero-order valence-electron chi connectivity index (χ0n) is 8.68. The highest BCUT2D eigenvalue weighted by Gasteiger charge is 2.11. The minimum atomic E-state index is 0.131. The molecule has 0 saturated carbocycles. The number of halogens is 1. The Bertz CT molecular complexity index is 525. The lowest BCUT2D eigenvalue weighted by atomic mass is 10.4. The molecule has 2 heterocycles. The third-order valence-electron chi connectivity index (χ3n) is 1.74. The van der Waals surface area contributed by atoms with Gasteiger partial charge in [0, 0.05) is 0 Å². The summed E-state index contributed by atoms with van der Waals surface area (Å²) >= 11 is 9.33. The van der Waals surface area contributed by atoms with Gasteiger partial charge in [-0.1, -0.05) is 34.9 Å². The van der Waals surface area contributed by atoms with E-state index in [1.807, 2.05) is 18.4 Å². The van der Waals surface area contributed by atoms with Gasteiger partial charge in [-0.2, -0.15) is 0 Å². The van der Waals surface area contributed by atoms with Crippen LogP contribution in [0, 0.1) is 0 Å². The average Bonchev–Trinajstić information content (AvgIpc) is 2.94. The minimum Gasteiger partial charge on any atom is -0.292 e. The van der Waals surface area contributed by atoms with Gasteiger partial charge in [-0.25, -0.2) is 0 Å². The van der Waals surface area contributed by atoms with Crippen molar-refractivity contribution in [1.82, 2.24) is 10.2 Å². The van der Waals surface area contributed by atoms with Crippen LogP contribution in [0.3, 0.4) is 0 Å². The molecule has 0 aromatic carbocycles. The van der Waals surface area contributed by atoms with E-state index in [1.165, 1.54) is 34.4 Å². The summed E-state index contributed by atoms with van der Waals surface area (Å²) in [5.74, 6) is 0.544. The number of ketones is 1. The number of thioether (sulfide) groups is 2. The zero-order valence-corrected chi connectivity index (χ0v) is 13.5. The van der Waals surface area contributed by atoms with Crippen LogP contribution >= 0.6 is 62.1 Å². The highest BCUT2D eigenvalue weighted by Crippen LogP contribution is 2.29. The second kappa shape index (κ2) is 6.33. The number of Topliss-reactive ketones (excluding diaryl/α,β-unsaturated/α-hetero) is 1. The molecule has 0 saturated heterocycles. The van der Waals surface area contributed by atoms with Gasteiger partial charge in [0.05, 0.1) is 14.4 Å². The zero-order chi connectivity index (χ0) is 12.3. The lowest BCUT2D eigenvalue weighted by Crippen LogP contribution is -1.98. The highest BCUT2D eigenvalue weighted by atomic mass is 79.9. The van der Waals surface area contributed by atoms with Crippen molar-refractivity contribution in [3.05, 3.63) is 20.8 Å². The fraction of sp³-hybridized carbons (Fsp3) is 0.222. The van der Waals surface area contributed by atoms with Crippen LogP contribution in [-0.2, 0) is 0 Å². The largest absolute Gasteiger partial charge is 0.292 e. The molecule has 0 aliphatic heterocycles. The second-order valence-corrected chi connectivity index (χ2v) is 8.57. The average molecular weight is 367 g/mol. The SMILES string of the molecule is CSc1nnc(SCC(=O)c2ccc(Br)s2)s1. The normalized spacial score (nSPS) is 10.7. The van der Waals surface area contributed by atoms with E-state index in [2.05, 4.69) is 26.1 Å². The van der Waals surface area contributed by atoms with Crippen LogP contribution in [0.5, 0.6) is 0 Å². The lowest BCUT2D eigenvalue weighted by Gasteiger charge is -1.94. The molecule has 0 spiro atoms. The molecule has 0 amide bonds. The van der Waals surface area contributed by atoms with Crippen LogP contribution in [0.15, 0.2) is 24.6 Å². The van der Waals surface area contributed by atoms with Gasteiger partial charge in [0.2, 0.25) is 0 Å². The number of carbonyl (C=O) groups is 1. The predicted octanol–water partition coefficient (Wildman–Crippen LogP) is 4.06. The number of hydrogen-bond donors (Lipinski definition) is 0. The van der Waals surface area contributed by atoms with Gasteiger partial charge < -0.3 is 0 Å². The van der Waals surface area contributed by atoms with Gasteiger partial charge in [-0.15, -0.1) is 21.5 Å². The van der Waals surface area contributed by atoms with Crippen molar-refractivity contribution in [2.75, 3.05) is 12.0 Å². The Labute approximate surface area is 124 Å². The summed E-state index contributed by atoms with van der Waals surface area (Å²) < 4.78 is 2.75. The third-order valence-corrected chi connectivity index (χ3v) is 6.43. The molecule has 2 aromatic rings. The highest BCUT2D eigenvalue weighted by molar-refractivity contribution is 9.11. The fourth-order valence-corrected chi connectivity index (χ4v) is 4.74. The summed E-state index contributed by atoms with van der Waals surface area (Å²) in [6, 6.07) is 3.73. The van der Waals surface area contributed by atoms with Crippen LogP contribution in [0.25, 0.3) is 0 Å². The van der Waals surface area contributed by atoms with E-state index in [1.54, 1.807) is 11.8 Å². The van der Waals surface area contributed by atoms with E-state index in [-0.39, 0.29) is 5.78 Å². The lowest BCUT2D eigenvalue weighted by molar-refractivity contribution is 0.102. The minimum absolute atomic E-state index is 0.131. The van der Waals surface area contributed by atoms with E-state index in [4.69, 9.17) is 0 Å². The molecule has 0 fully saturated rings. The van der Waals surface area contributed by atoms with Crippen molar-refractivity contribution < 1.29 is 4.79 Å². The molecule has 0 radical (unpaired) electrons. The summed E-state index contributed by atoms with van der Waals surface area (Å²) in [4.78, 5) is 12.6. The molecule has 2 rings (SSSR count). The fourth-order valence-electron chi connectivity index (χ4n) is 1.00. The van der Waals surface area contributed by atoms with Crippen molar-refractivity contribution >= 4 is 67.9 Å². The second-order valence-electron chi connectivity index (χ2n) is 2.85. The molecule has 8 heteroatoms. The molecular weight excluding hydrogens is 360 g/mol. The molecule has 0 unspecified atom stereocenters. The van der Waals surface area contributed by atoms with Crippen molar-refractivity contribution in [3.63, 3.8) is 0 Å². The summed E-state index contributed by atoms with van der Waals surface area (Å²) in [5.41, 5.74) is 0. The van der Waals surface area contributed by atoms with Crippen LogP contribution in [-0.4, -0.2) is 28.0 Å². The van der Waals surface area contributed by atoms with Crippen molar-refractivity contribution in [2.24, 2.45) is 0 Å². The van der Waals surface area contributed by atoms with Gasteiger partial charge in [0.25, 0.3) is 0 Å². The van der Waals surface area contributed by atoms with E-state index in [9.17, 15) is 4.79 Å². The van der Waals surface area contributed by atoms with Crippen molar-refractivity contribution in [1.29, 1.82) is 0 Å². The smallest absolute Gasteiger partial charge is 0.183 e. The van der Waals surface area contributed by atoms with Crippen LogP contribution in [0.1, 0.15) is 9.67 Å². The van der Waals surface area contributed by atoms with E-state index >= 15 is 0 Å². The van der Waals surface area contributed by atoms with Crippen molar-refractivity contribution in [3.8, 4) is 0 Å². The molecule has 17 heavy (non-hydrogen) atoms. The monoisotopic (exact) mass is 366 g/mol. The molecule has 0 N–H and O–H groups in total. The number of thiophene rings is 1. The van der Waals surface area contributed by atoms with Crippen LogP contribution < -0.4 is 0 Å². The first kappa shape index (κ1) is 13.5. The maximum Gasteiger partial charge on any atom is 0.183 e. The number of nitrogens with zero attached hydrogens (tertiary/aromatic N) is 2. The molecule has 0 aliphatic rings. The van der Waals surface area contributed by atoms with Gasteiger partial charge in [0.15, 0.2) is 14.5 Å². The Morgan fingerprint density at radius 2 is 2.12 bits per heavy atom. The molecule has 3 nitrogen and oxygen atoms in total. The summed E-state index contributed by atoms with van der Waals surface area (Å²) in [7, 11) is 0. The molecular formula is C9H7BrN2OS4. The maximum absolute atomic E-state index is 11.8. The molecule has 0 aliphatic carbocycles. The first-order valence-electron chi connectivity index (χ1n) is 4.48. The van der Waals surface area contributed by atoms with Gasteiger partial charge >= 0.3 is 0 Å². The van der Waals surface area contributed by atoms with E-state index in [0.29, 0.717) is 5.75 Å². The summed E-state index contributed by atoms with van der Waals surface area (Å²) in [6.45, 7) is 0. The number of carbonyl (C=O) groups excluding carboxylic acids is 1. The molecule has 0 atom stereocenters. The Morgan fingerprint density at radius 1 is 1.35 bits per heavy atom. The first-order valence-corrected chi connectivity index (χ1v) is 9.11. The number of hydrogen-bond acceptors (Lipinski definition) is 7. The first-order chi connectivity index (χ1) is 8.19. The van der Waals surface area contributed by atoms with Gasteiger partial charge in [-0.3, -0.25) is 4.79 Å². The van der Waals surface area contributed by atoms with Crippen LogP contribution in [0.2, 0.25) is 0 Å². The molecule has 2 aromatic heterocycles. The predicted molar refractivity (Wildman–Crippen MR) is 78.8 cm³/mol. The molecule has 0 bridgehead atoms. The van der Waals surface area contributed by atoms with Crippen molar-refractivity contribution in [2.45, 2.75) is 8.68 Å². The Morgan fingerprint density at radius 3 is 2.71 bits per heavy atom. The van der Waals surface area contributed by atoms with Crippen LogP contribution in [0.4, 0.5) is 0 Å². The third kappa shape index (κ3) is 3.78. The standard InChI is InChI=1S/C9H7BrN2OS4/c1-14-8-11-12-9(17-8)15-4-5(13)6-2-3-7(10)16-6/h2-3H,4H2,1H3. The summed E-state index contributed by atoms with van der Waals surface area (Å²) in [6.07, 6.45) is 1.96. The topological polar surface area (TPSA) is 42.9 Å². The molecule has 90 valence electrons.